The summed E-state index contributed by atoms with van der Waals surface area (Å²) in [7, 11) is 1.78. The number of nitrogens with zero attached hydrogens (tertiary/aromatic N) is 3. The Bertz CT molecular complexity index is 673. The van der Waals surface area contributed by atoms with Gasteiger partial charge in [0.05, 0.1) is 30.2 Å². The van der Waals surface area contributed by atoms with Crippen LogP contribution in [0.3, 0.4) is 0 Å². The molecule has 0 saturated carbocycles. The van der Waals surface area contributed by atoms with E-state index in [4.69, 9.17) is 4.42 Å². The number of aromatic nitrogens is 1. The highest BCUT2D eigenvalue weighted by molar-refractivity contribution is 7.09. The molecule has 5 nitrogen and oxygen atoms in total. The first kappa shape index (κ1) is 17.1. The van der Waals surface area contributed by atoms with Crippen LogP contribution < -0.4 is 0 Å². The first-order chi connectivity index (χ1) is 11.5. The van der Waals surface area contributed by atoms with Crippen molar-refractivity contribution in [2.24, 2.45) is 0 Å². The molecule has 130 valence electrons. The Kier molecular flexibility index (Phi) is 5.30. The quantitative estimate of drug-likeness (QED) is 0.803. The molecule has 1 aliphatic rings. The molecule has 1 fully saturated rings. The fourth-order valence-corrected chi connectivity index (χ4v) is 3.89. The van der Waals surface area contributed by atoms with E-state index in [1.54, 1.807) is 41.9 Å². The number of furan rings is 1. The monoisotopic (exact) mass is 351 g/mol. The number of halogens is 1. The van der Waals surface area contributed by atoms with E-state index in [2.05, 4.69) is 9.88 Å². The van der Waals surface area contributed by atoms with Crippen LogP contribution in [0, 0.1) is 6.92 Å². The van der Waals surface area contributed by atoms with Crippen molar-refractivity contribution in [1.29, 1.82) is 0 Å². The average molecular weight is 351 g/mol. The van der Waals surface area contributed by atoms with E-state index in [9.17, 15) is 9.18 Å². The molecule has 2 aromatic rings. The van der Waals surface area contributed by atoms with E-state index in [0.717, 1.165) is 11.3 Å². The summed E-state index contributed by atoms with van der Waals surface area (Å²) in [6, 6.07) is 1.83. The highest BCUT2D eigenvalue weighted by Crippen LogP contribution is 2.25. The zero-order valence-electron chi connectivity index (χ0n) is 13.9. The molecular weight excluding hydrogens is 329 g/mol. The Balaban J connectivity index is 1.59. The van der Waals surface area contributed by atoms with Crippen LogP contribution in [-0.4, -0.2) is 53.0 Å². The zero-order chi connectivity index (χ0) is 17.1. The summed E-state index contributed by atoms with van der Waals surface area (Å²) in [5.74, 6) is 0.0210. The van der Waals surface area contributed by atoms with Crippen LogP contribution in [-0.2, 0) is 17.8 Å². The maximum absolute atomic E-state index is 13.9. The SMILES string of the molecule is Cc1ncsc1CN1C[C@@H](F)C[C@H]1CN(C)C(=O)Cc1ccoc1. The average Bonchev–Trinajstić information content (AvgIpc) is 3.24. The van der Waals surface area contributed by atoms with Crippen molar-refractivity contribution >= 4 is 17.2 Å². The van der Waals surface area contributed by atoms with Crippen molar-refractivity contribution in [3.63, 3.8) is 0 Å². The summed E-state index contributed by atoms with van der Waals surface area (Å²) in [5, 5.41) is 0. The summed E-state index contributed by atoms with van der Waals surface area (Å²) < 4.78 is 18.9. The number of alkyl halides is 1. The molecule has 0 aromatic carbocycles. The van der Waals surface area contributed by atoms with Crippen LogP contribution in [0.15, 0.2) is 28.5 Å². The van der Waals surface area contributed by atoms with E-state index >= 15 is 0 Å². The van der Waals surface area contributed by atoms with Crippen molar-refractivity contribution in [1.82, 2.24) is 14.8 Å². The minimum atomic E-state index is -0.833. The molecule has 0 N–H and O–H groups in total. The summed E-state index contributed by atoms with van der Waals surface area (Å²) in [6.45, 7) is 3.64. The molecule has 0 spiro atoms. The third-order valence-electron chi connectivity index (χ3n) is 4.51. The number of aryl methyl sites for hydroxylation is 1. The van der Waals surface area contributed by atoms with E-state index in [0.29, 0.717) is 32.5 Å². The van der Waals surface area contributed by atoms with Crippen LogP contribution in [0.5, 0.6) is 0 Å². The summed E-state index contributed by atoms with van der Waals surface area (Å²) in [5.41, 5.74) is 3.69. The molecule has 1 amide bonds. The molecule has 0 unspecified atom stereocenters. The van der Waals surface area contributed by atoms with Gasteiger partial charge in [-0.25, -0.2) is 9.37 Å². The van der Waals surface area contributed by atoms with Crippen molar-refractivity contribution in [2.45, 2.75) is 38.5 Å². The molecule has 0 aliphatic carbocycles. The lowest BCUT2D eigenvalue weighted by Crippen LogP contribution is -2.41. The van der Waals surface area contributed by atoms with Crippen LogP contribution in [0.2, 0.25) is 0 Å². The van der Waals surface area contributed by atoms with Gasteiger partial charge in [0, 0.05) is 37.6 Å². The van der Waals surface area contributed by atoms with Crippen molar-refractivity contribution < 1.29 is 13.6 Å². The predicted octanol–water partition coefficient (Wildman–Crippen LogP) is 2.66. The van der Waals surface area contributed by atoms with Crippen LogP contribution >= 0.6 is 11.3 Å². The topological polar surface area (TPSA) is 49.6 Å². The van der Waals surface area contributed by atoms with E-state index < -0.39 is 6.17 Å². The Morgan fingerprint density at radius 2 is 2.42 bits per heavy atom. The number of carbonyl (C=O) groups is 1. The number of amides is 1. The van der Waals surface area contributed by atoms with Gasteiger partial charge in [-0.3, -0.25) is 9.69 Å². The van der Waals surface area contributed by atoms with Gasteiger partial charge in [-0.05, 0) is 25.0 Å². The highest BCUT2D eigenvalue weighted by atomic mass is 32.1. The van der Waals surface area contributed by atoms with Crippen molar-refractivity contribution in [3.05, 3.63) is 40.2 Å². The van der Waals surface area contributed by atoms with Gasteiger partial charge in [-0.2, -0.15) is 0 Å². The van der Waals surface area contributed by atoms with Gasteiger partial charge < -0.3 is 9.32 Å². The molecule has 3 heterocycles. The number of hydrogen-bond donors (Lipinski definition) is 0. The number of likely N-dealkylation sites (N-methyl/N-ethyl adjacent to an activating group) is 1. The van der Waals surface area contributed by atoms with E-state index in [1.165, 1.54) is 4.88 Å². The maximum atomic E-state index is 13.9. The fraction of sp³-hybridized carbons (Fsp3) is 0.529. The summed E-state index contributed by atoms with van der Waals surface area (Å²) >= 11 is 1.60. The number of carbonyl (C=O) groups excluding carboxylic acids is 1. The molecular formula is C17H22FN3O2S. The number of thiazole rings is 1. The van der Waals surface area contributed by atoms with Crippen LogP contribution in [0.4, 0.5) is 4.39 Å². The molecule has 7 heteroatoms. The maximum Gasteiger partial charge on any atom is 0.226 e. The Morgan fingerprint density at radius 1 is 1.58 bits per heavy atom. The van der Waals surface area contributed by atoms with Gasteiger partial charge in [0.2, 0.25) is 5.91 Å². The van der Waals surface area contributed by atoms with Crippen LogP contribution in [0.1, 0.15) is 22.6 Å². The molecule has 24 heavy (non-hydrogen) atoms. The smallest absolute Gasteiger partial charge is 0.226 e. The van der Waals surface area contributed by atoms with Gasteiger partial charge >= 0.3 is 0 Å². The third kappa shape index (κ3) is 4.02. The van der Waals surface area contributed by atoms with Crippen molar-refractivity contribution in [3.8, 4) is 0 Å². The van der Waals surface area contributed by atoms with Gasteiger partial charge in [0.15, 0.2) is 0 Å². The number of rotatable bonds is 6. The lowest BCUT2D eigenvalue weighted by Gasteiger charge is -2.28. The first-order valence-corrected chi connectivity index (χ1v) is 8.93. The molecule has 0 radical (unpaired) electrons. The molecule has 1 saturated heterocycles. The summed E-state index contributed by atoms with van der Waals surface area (Å²) in [4.78, 5) is 21.6. The van der Waals surface area contributed by atoms with Gasteiger partial charge in [0.25, 0.3) is 0 Å². The Labute approximate surface area is 145 Å². The normalized spacial score (nSPS) is 21.3. The number of likely N-dealkylation sites (tertiary alicyclic amines) is 1. The first-order valence-electron chi connectivity index (χ1n) is 8.05. The predicted molar refractivity (Wildman–Crippen MR) is 90.6 cm³/mol. The molecule has 0 bridgehead atoms. The minimum Gasteiger partial charge on any atom is -0.472 e. The molecule has 1 aliphatic heterocycles. The van der Waals surface area contributed by atoms with E-state index in [-0.39, 0.29) is 11.9 Å². The minimum absolute atomic E-state index is 0.0210. The van der Waals surface area contributed by atoms with Crippen molar-refractivity contribution in [2.75, 3.05) is 20.1 Å². The highest BCUT2D eigenvalue weighted by Gasteiger charge is 2.33. The van der Waals surface area contributed by atoms with Gasteiger partial charge in [-0.15, -0.1) is 11.3 Å². The molecule has 2 atom stereocenters. The van der Waals surface area contributed by atoms with E-state index in [1.807, 2.05) is 12.4 Å². The molecule has 3 rings (SSSR count). The lowest BCUT2D eigenvalue weighted by molar-refractivity contribution is -0.129. The zero-order valence-corrected chi connectivity index (χ0v) is 14.8. The number of hydrogen-bond acceptors (Lipinski definition) is 5. The molecule has 2 aromatic heterocycles. The van der Waals surface area contributed by atoms with Crippen LogP contribution in [0.25, 0.3) is 0 Å². The summed E-state index contributed by atoms with van der Waals surface area (Å²) in [6.07, 6.45) is 3.10. The second kappa shape index (κ2) is 7.44. The fourth-order valence-electron chi connectivity index (χ4n) is 3.09. The Hall–Kier alpha value is -1.73. The second-order valence-corrected chi connectivity index (χ2v) is 7.30. The standard InChI is InChI=1S/C17H22FN3O2S/c1-12-16(24-11-19-12)9-21-7-14(18)6-15(21)8-20(2)17(22)5-13-3-4-23-10-13/h3-4,10-11,14-15H,5-9H2,1-2H3/t14-,15-/m0/s1. The van der Waals surface area contributed by atoms with Gasteiger partial charge in [-0.1, -0.05) is 0 Å². The van der Waals surface area contributed by atoms with Gasteiger partial charge in [0.1, 0.15) is 6.17 Å². The third-order valence-corrected chi connectivity index (χ3v) is 5.43. The lowest BCUT2D eigenvalue weighted by atomic mass is 10.1. The second-order valence-electron chi connectivity index (χ2n) is 6.36. The largest absolute Gasteiger partial charge is 0.472 e. The Morgan fingerprint density at radius 3 is 3.08 bits per heavy atom.